The minimum atomic E-state index is -2.87. The molecule has 0 aliphatic rings. The summed E-state index contributed by atoms with van der Waals surface area (Å²) in [6, 6.07) is 37.2. The third-order valence-electron chi connectivity index (χ3n) is 5.48. The van der Waals surface area contributed by atoms with Gasteiger partial charge >= 0.3 is 13.4 Å². The lowest BCUT2D eigenvalue weighted by molar-refractivity contribution is 0.101. The number of para-hydroxylation sites is 2. The Morgan fingerprint density at radius 3 is 1.00 bits per heavy atom. The fourth-order valence-corrected chi connectivity index (χ4v) is 9.92. The molecule has 252 valence electrons. The predicted octanol–water partition coefficient (Wildman–Crippen LogP) is 9.48. The highest BCUT2D eigenvalue weighted by atomic mass is 32.5. The van der Waals surface area contributed by atoms with Gasteiger partial charge in [0.25, 0.3) is 11.8 Å². The van der Waals surface area contributed by atoms with Gasteiger partial charge in [-0.2, -0.15) is 0 Å². The van der Waals surface area contributed by atoms with Crippen LogP contribution in [-0.2, 0) is 46.0 Å². The third kappa shape index (κ3) is 16.0. The SMILES string of the molecule is CCOP(=S)(OCC)OP(=S)(OCC)OCC.O=C(Nc1ccccc1)c1ccccc1.O=C(Nc1ccccc1)c1ccccc1. The molecule has 4 rings (SSSR count). The van der Waals surface area contributed by atoms with Gasteiger partial charge in [-0.25, -0.2) is 4.31 Å². The molecule has 2 amide bonds. The number of carbonyl (C=O) groups excluding carboxylic acids is 2. The summed E-state index contributed by atoms with van der Waals surface area (Å²) in [5, 5.41) is 5.64. The highest BCUT2D eigenvalue weighted by Crippen LogP contribution is 2.66. The van der Waals surface area contributed by atoms with Crippen LogP contribution in [0.5, 0.6) is 0 Å². The first kappa shape index (κ1) is 40.1. The van der Waals surface area contributed by atoms with Crippen LogP contribution in [0.2, 0.25) is 0 Å². The zero-order valence-corrected chi connectivity index (χ0v) is 30.4. The van der Waals surface area contributed by atoms with Gasteiger partial charge in [0.15, 0.2) is 0 Å². The number of benzene rings is 4. The van der Waals surface area contributed by atoms with Crippen molar-refractivity contribution in [3.05, 3.63) is 132 Å². The van der Waals surface area contributed by atoms with Crippen LogP contribution in [0.4, 0.5) is 11.4 Å². The van der Waals surface area contributed by atoms with E-state index in [2.05, 4.69) is 10.6 Å². The van der Waals surface area contributed by atoms with Crippen LogP contribution in [0.25, 0.3) is 0 Å². The molecule has 0 unspecified atom stereocenters. The minimum Gasteiger partial charge on any atom is -0.322 e. The molecule has 0 heterocycles. The largest absolute Gasteiger partial charge is 0.334 e. The molecule has 0 fully saturated rings. The Bertz CT molecular complexity index is 1420. The Morgan fingerprint density at radius 2 is 0.745 bits per heavy atom. The van der Waals surface area contributed by atoms with E-state index in [-0.39, 0.29) is 11.8 Å². The van der Waals surface area contributed by atoms with E-state index in [0.29, 0.717) is 37.6 Å². The number of carbonyl (C=O) groups is 2. The van der Waals surface area contributed by atoms with Gasteiger partial charge in [-0.3, -0.25) is 9.59 Å². The number of anilines is 2. The van der Waals surface area contributed by atoms with E-state index in [1.54, 1.807) is 24.3 Å². The van der Waals surface area contributed by atoms with Gasteiger partial charge in [-0.1, -0.05) is 72.8 Å². The van der Waals surface area contributed by atoms with Gasteiger partial charge < -0.3 is 28.7 Å². The number of hydrogen-bond donors (Lipinski definition) is 2. The van der Waals surface area contributed by atoms with Crippen LogP contribution in [0.3, 0.4) is 0 Å². The first-order chi connectivity index (χ1) is 22.7. The van der Waals surface area contributed by atoms with Crippen LogP contribution in [0.15, 0.2) is 121 Å². The van der Waals surface area contributed by atoms with Gasteiger partial charge in [-0.05, 0) is 99.8 Å². The summed E-state index contributed by atoms with van der Waals surface area (Å²) in [5.74, 6) is -0.163. The maximum Gasteiger partial charge on any atom is 0.334 e. The lowest BCUT2D eigenvalue weighted by Gasteiger charge is -2.27. The molecule has 0 aromatic heterocycles. The van der Waals surface area contributed by atoms with Crippen molar-refractivity contribution in [2.75, 3.05) is 37.1 Å². The molecule has 4 aromatic rings. The number of hydrogen-bond acceptors (Lipinski definition) is 9. The summed E-state index contributed by atoms with van der Waals surface area (Å²) < 4.78 is 26.9. The average molecular weight is 717 g/mol. The molecular formula is C34H42N2O7P2S2. The van der Waals surface area contributed by atoms with E-state index in [1.165, 1.54) is 0 Å². The van der Waals surface area contributed by atoms with Crippen molar-refractivity contribution < 1.29 is 32.0 Å². The van der Waals surface area contributed by atoms with E-state index in [1.807, 2.05) is 125 Å². The highest BCUT2D eigenvalue weighted by molar-refractivity contribution is 8.14. The van der Waals surface area contributed by atoms with Gasteiger partial charge in [0.1, 0.15) is 0 Å². The lowest BCUT2D eigenvalue weighted by atomic mass is 10.2. The van der Waals surface area contributed by atoms with E-state index < -0.39 is 13.4 Å². The van der Waals surface area contributed by atoms with Crippen LogP contribution in [-0.4, -0.2) is 38.2 Å². The Hall–Kier alpha value is -3.08. The Kier molecular flexibility index (Phi) is 19.2. The molecule has 0 saturated carbocycles. The Morgan fingerprint density at radius 1 is 0.489 bits per heavy atom. The smallest absolute Gasteiger partial charge is 0.322 e. The predicted molar refractivity (Wildman–Crippen MR) is 198 cm³/mol. The molecule has 47 heavy (non-hydrogen) atoms. The van der Waals surface area contributed by atoms with Crippen molar-refractivity contribution in [3.8, 4) is 0 Å². The standard InChI is InChI=1S/2C13H11NO.C8H20O5P2S2/c2*15-13(11-7-3-1-4-8-11)14-12-9-5-2-6-10-12;1-5-9-14(16,10-6-2)13-15(17,11-7-3)12-8-4/h2*1-10H,(H,14,15);5-8H2,1-4H3. The normalized spacial score (nSPS) is 10.8. The maximum absolute atomic E-state index is 11.7. The molecule has 13 heteroatoms. The van der Waals surface area contributed by atoms with Crippen LogP contribution in [0.1, 0.15) is 48.4 Å². The van der Waals surface area contributed by atoms with Crippen molar-refractivity contribution in [1.29, 1.82) is 0 Å². The summed E-state index contributed by atoms with van der Waals surface area (Å²) in [5.41, 5.74) is 2.96. The molecule has 4 aromatic carbocycles. The molecule has 2 N–H and O–H groups in total. The van der Waals surface area contributed by atoms with Crippen molar-refractivity contribution in [1.82, 2.24) is 0 Å². The summed E-state index contributed by atoms with van der Waals surface area (Å²) in [4.78, 5) is 23.4. The zero-order chi connectivity index (χ0) is 34.4. The third-order valence-corrected chi connectivity index (χ3v) is 11.8. The van der Waals surface area contributed by atoms with Gasteiger partial charge in [-0.15, -0.1) is 0 Å². The quantitative estimate of drug-likeness (QED) is 0.124. The van der Waals surface area contributed by atoms with Crippen molar-refractivity contribution in [2.24, 2.45) is 0 Å². The highest BCUT2D eigenvalue weighted by Gasteiger charge is 2.32. The number of amides is 2. The molecule has 0 saturated heterocycles. The monoisotopic (exact) mass is 716 g/mol. The minimum absolute atomic E-state index is 0.0817. The second kappa shape index (κ2) is 22.5. The molecule has 0 spiro atoms. The Balaban J connectivity index is 0.000000245. The molecule has 0 aliphatic carbocycles. The summed E-state index contributed by atoms with van der Waals surface area (Å²) in [6.45, 7) is 3.09. The average Bonchev–Trinajstić information content (AvgIpc) is 3.07. The topological polar surface area (TPSA) is 104 Å². The van der Waals surface area contributed by atoms with Gasteiger partial charge in [0, 0.05) is 22.5 Å². The first-order valence-corrected chi connectivity index (χ1v) is 20.1. The van der Waals surface area contributed by atoms with Crippen LogP contribution < -0.4 is 10.6 Å². The van der Waals surface area contributed by atoms with Crippen LogP contribution in [0, 0.1) is 0 Å². The maximum atomic E-state index is 11.7. The molecule has 0 bridgehead atoms. The molecule has 0 radical (unpaired) electrons. The zero-order valence-electron chi connectivity index (χ0n) is 26.9. The fraction of sp³-hybridized carbons (Fsp3) is 0.235. The Labute approximate surface area is 288 Å². The van der Waals surface area contributed by atoms with E-state index in [9.17, 15) is 9.59 Å². The fourth-order valence-electron chi connectivity index (χ4n) is 3.55. The first-order valence-electron chi connectivity index (χ1n) is 15.0. The second-order valence-electron chi connectivity index (χ2n) is 9.02. The molecular weight excluding hydrogens is 674 g/mol. The van der Waals surface area contributed by atoms with Crippen molar-refractivity contribution in [2.45, 2.75) is 27.7 Å². The van der Waals surface area contributed by atoms with E-state index >= 15 is 0 Å². The summed E-state index contributed by atoms with van der Waals surface area (Å²) >= 11 is 10.4. The van der Waals surface area contributed by atoms with E-state index in [0.717, 1.165) is 11.4 Å². The number of nitrogens with one attached hydrogen (secondary N) is 2. The van der Waals surface area contributed by atoms with E-state index in [4.69, 9.17) is 46.0 Å². The lowest BCUT2D eigenvalue weighted by Crippen LogP contribution is -2.11. The summed E-state index contributed by atoms with van der Waals surface area (Å²) in [7, 11) is 0. The molecule has 0 atom stereocenters. The summed E-state index contributed by atoms with van der Waals surface area (Å²) in [6.07, 6.45) is 0. The second-order valence-corrected chi connectivity index (χ2v) is 15.2. The van der Waals surface area contributed by atoms with Gasteiger partial charge in [0.2, 0.25) is 0 Å². The van der Waals surface area contributed by atoms with Crippen molar-refractivity contribution in [3.63, 3.8) is 0 Å². The number of rotatable bonds is 14. The van der Waals surface area contributed by atoms with Crippen LogP contribution >= 0.6 is 13.4 Å². The van der Waals surface area contributed by atoms with Crippen molar-refractivity contribution >= 4 is 60.2 Å². The van der Waals surface area contributed by atoms with Gasteiger partial charge in [0.05, 0.1) is 26.4 Å². The molecule has 0 aliphatic heterocycles. The molecule has 9 nitrogen and oxygen atoms in total.